The lowest BCUT2D eigenvalue weighted by Gasteiger charge is -2.23. The van der Waals surface area contributed by atoms with Crippen molar-refractivity contribution in [3.05, 3.63) is 0 Å². The SMILES string of the molecule is CCN(CCCC(F)(F)F)CC(C)C(N)=S. The van der Waals surface area contributed by atoms with Gasteiger partial charge in [0.15, 0.2) is 0 Å². The van der Waals surface area contributed by atoms with Gasteiger partial charge >= 0.3 is 6.18 Å². The number of thiocarbonyl (C=S) groups is 1. The predicted molar refractivity (Wildman–Crippen MR) is 63.4 cm³/mol. The van der Waals surface area contributed by atoms with Crippen molar-refractivity contribution in [1.82, 2.24) is 4.90 Å². The van der Waals surface area contributed by atoms with E-state index in [0.717, 1.165) is 0 Å². The molecular weight excluding hydrogens is 237 g/mol. The average molecular weight is 256 g/mol. The van der Waals surface area contributed by atoms with Gasteiger partial charge in [-0.2, -0.15) is 13.2 Å². The number of rotatable bonds is 7. The van der Waals surface area contributed by atoms with Crippen LogP contribution in [0.4, 0.5) is 13.2 Å². The second-order valence-electron chi connectivity index (χ2n) is 3.92. The van der Waals surface area contributed by atoms with Crippen molar-refractivity contribution in [3.63, 3.8) is 0 Å². The molecule has 0 spiro atoms. The molecule has 16 heavy (non-hydrogen) atoms. The summed E-state index contributed by atoms with van der Waals surface area (Å²) in [5.41, 5.74) is 5.46. The van der Waals surface area contributed by atoms with Gasteiger partial charge in [-0.25, -0.2) is 0 Å². The van der Waals surface area contributed by atoms with Crippen molar-refractivity contribution in [2.75, 3.05) is 19.6 Å². The maximum absolute atomic E-state index is 11.9. The molecule has 2 N–H and O–H groups in total. The highest BCUT2D eigenvalue weighted by atomic mass is 32.1. The topological polar surface area (TPSA) is 29.3 Å². The van der Waals surface area contributed by atoms with E-state index in [0.29, 0.717) is 24.6 Å². The van der Waals surface area contributed by atoms with Crippen molar-refractivity contribution in [1.29, 1.82) is 0 Å². The highest BCUT2D eigenvalue weighted by Gasteiger charge is 2.26. The van der Waals surface area contributed by atoms with E-state index in [-0.39, 0.29) is 12.3 Å². The molecule has 0 saturated carbocycles. The highest BCUT2D eigenvalue weighted by molar-refractivity contribution is 7.80. The van der Waals surface area contributed by atoms with Crippen molar-refractivity contribution < 1.29 is 13.2 Å². The largest absolute Gasteiger partial charge is 0.393 e. The molecule has 0 saturated heterocycles. The summed E-state index contributed by atoms with van der Waals surface area (Å²) in [6.45, 7) is 5.58. The average Bonchev–Trinajstić information content (AvgIpc) is 2.13. The zero-order valence-electron chi connectivity index (χ0n) is 9.68. The van der Waals surface area contributed by atoms with Crippen molar-refractivity contribution >= 4 is 17.2 Å². The summed E-state index contributed by atoms with van der Waals surface area (Å²) >= 11 is 4.83. The van der Waals surface area contributed by atoms with Crippen molar-refractivity contribution in [2.45, 2.75) is 32.9 Å². The molecule has 0 aliphatic carbocycles. The van der Waals surface area contributed by atoms with E-state index in [1.165, 1.54) is 0 Å². The molecule has 2 nitrogen and oxygen atoms in total. The third-order valence-corrected chi connectivity index (χ3v) is 2.80. The first kappa shape index (κ1) is 15.6. The highest BCUT2D eigenvalue weighted by Crippen LogP contribution is 2.21. The first-order valence-electron chi connectivity index (χ1n) is 5.34. The zero-order valence-corrected chi connectivity index (χ0v) is 10.5. The number of nitrogens with two attached hydrogens (primary N) is 1. The Morgan fingerprint density at radius 2 is 2.00 bits per heavy atom. The van der Waals surface area contributed by atoms with Gasteiger partial charge in [0.05, 0.1) is 4.99 Å². The summed E-state index contributed by atoms with van der Waals surface area (Å²) in [6, 6.07) is 0. The summed E-state index contributed by atoms with van der Waals surface area (Å²) in [4.78, 5) is 2.35. The third kappa shape index (κ3) is 7.87. The van der Waals surface area contributed by atoms with E-state index in [1.54, 1.807) is 0 Å². The Morgan fingerprint density at radius 1 is 1.44 bits per heavy atom. The van der Waals surface area contributed by atoms with Crippen LogP contribution in [0.1, 0.15) is 26.7 Å². The first-order chi connectivity index (χ1) is 7.26. The number of hydrogen-bond donors (Lipinski definition) is 1. The lowest BCUT2D eigenvalue weighted by Crippen LogP contribution is -2.34. The molecule has 0 fully saturated rings. The Labute approximate surface area is 100.0 Å². The second-order valence-corrected chi connectivity index (χ2v) is 4.39. The normalized spacial score (nSPS) is 14.1. The van der Waals surface area contributed by atoms with Crippen molar-refractivity contribution in [3.8, 4) is 0 Å². The van der Waals surface area contributed by atoms with Crippen LogP contribution in [0.2, 0.25) is 0 Å². The van der Waals surface area contributed by atoms with Gasteiger partial charge in [-0.3, -0.25) is 0 Å². The first-order valence-corrected chi connectivity index (χ1v) is 5.75. The van der Waals surface area contributed by atoms with Crippen LogP contribution < -0.4 is 5.73 Å². The fourth-order valence-corrected chi connectivity index (χ4v) is 1.43. The summed E-state index contributed by atoms with van der Waals surface area (Å²) < 4.78 is 35.8. The van der Waals surface area contributed by atoms with E-state index < -0.39 is 12.6 Å². The molecule has 0 rings (SSSR count). The second kappa shape index (κ2) is 7.06. The fourth-order valence-electron chi connectivity index (χ4n) is 1.36. The van der Waals surface area contributed by atoms with Gasteiger partial charge in [0, 0.05) is 18.9 Å². The molecule has 0 aliphatic rings. The van der Waals surface area contributed by atoms with Crippen LogP contribution in [0.15, 0.2) is 0 Å². The fraction of sp³-hybridized carbons (Fsp3) is 0.900. The number of hydrogen-bond acceptors (Lipinski definition) is 2. The Balaban J connectivity index is 3.88. The van der Waals surface area contributed by atoms with Gasteiger partial charge in [-0.05, 0) is 19.5 Å². The van der Waals surface area contributed by atoms with Gasteiger partial charge in [0.2, 0.25) is 0 Å². The quantitative estimate of drug-likeness (QED) is 0.710. The third-order valence-electron chi connectivity index (χ3n) is 2.40. The molecule has 0 aromatic rings. The van der Waals surface area contributed by atoms with E-state index in [4.69, 9.17) is 18.0 Å². The minimum Gasteiger partial charge on any atom is -0.393 e. The van der Waals surface area contributed by atoms with E-state index >= 15 is 0 Å². The molecule has 1 atom stereocenters. The van der Waals surface area contributed by atoms with Crippen LogP contribution in [-0.2, 0) is 0 Å². The van der Waals surface area contributed by atoms with Gasteiger partial charge < -0.3 is 10.6 Å². The van der Waals surface area contributed by atoms with Crippen LogP contribution in [0.25, 0.3) is 0 Å². The van der Waals surface area contributed by atoms with Gasteiger partial charge in [-0.1, -0.05) is 26.1 Å². The van der Waals surface area contributed by atoms with Gasteiger partial charge in [0.25, 0.3) is 0 Å². The molecule has 0 aromatic heterocycles. The maximum atomic E-state index is 11.9. The van der Waals surface area contributed by atoms with Crippen molar-refractivity contribution in [2.24, 2.45) is 11.7 Å². The zero-order chi connectivity index (χ0) is 12.8. The molecule has 6 heteroatoms. The Bertz CT molecular complexity index is 219. The summed E-state index contributed by atoms with van der Waals surface area (Å²) in [5.74, 6) is 0.0424. The Hall–Kier alpha value is -0.360. The van der Waals surface area contributed by atoms with Crippen LogP contribution in [0.3, 0.4) is 0 Å². The monoisotopic (exact) mass is 256 g/mol. The number of halogens is 3. The lowest BCUT2D eigenvalue weighted by molar-refractivity contribution is -0.136. The standard InChI is InChI=1S/C10H19F3N2S/c1-3-15(7-8(2)9(14)16)6-4-5-10(11,12)13/h8H,3-7H2,1-2H3,(H2,14,16). The molecule has 96 valence electrons. The number of nitrogens with zero attached hydrogens (tertiary/aromatic N) is 1. The molecule has 0 aromatic carbocycles. The van der Waals surface area contributed by atoms with Crippen LogP contribution in [0.5, 0.6) is 0 Å². The van der Waals surface area contributed by atoms with Crippen LogP contribution in [-0.4, -0.2) is 35.7 Å². The van der Waals surface area contributed by atoms with Gasteiger partial charge in [-0.15, -0.1) is 0 Å². The molecule has 0 amide bonds. The van der Waals surface area contributed by atoms with Gasteiger partial charge in [0.1, 0.15) is 0 Å². The van der Waals surface area contributed by atoms with Crippen LogP contribution >= 0.6 is 12.2 Å². The summed E-state index contributed by atoms with van der Waals surface area (Å²) in [6.07, 6.45) is -4.67. The molecular formula is C10H19F3N2S. The maximum Gasteiger partial charge on any atom is 0.389 e. The van der Waals surface area contributed by atoms with Crippen LogP contribution in [0, 0.1) is 5.92 Å². The lowest BCUT2D eigenvalue weighted by atomic mass is 10.1. The Morgan fingerprint density at radius 3 is 2.38 bits per heavy atom. The number of alkyl halides is 3. The Kier molecular flexibility index (Phi) is 6.90. The molecule has 1 unspecified atom stereocenters. The summed E-state index contributed by atoms with van der Waals surface area (Å²) in [5, 5.41) is 0. The summed E-state index contributed by atoms with van der Waals surface area (Å²) in [7, 11) is 0. The minimum absolute atomic E-state index is 0.0424. The molecule has 0 aliphatic heterocycles. The van der Waals surface area contributed by atoms with E-state index in [2.05, 4.69) is 0 Å². The molecule has 0 heterocycles. The molecule has 0 bridgehead atoms. The smallest absolute Gasteiger partial charge is 0.389 e. The minimum atomic E-state index is -4.06. The predicted octanol–water partition coefficient (Wildman–Crippen LogP) is 2.57. The van der Waals surface area contributed by atoms with E-state index in [1.807, 2.05) is 18.7 Å². The van der Waals surface area contributed by atoms with E-state index in [9.17, 15) is 13.2 Å². The molecule has 0 radical (unpaired) electrons.